The van der Waals surface area contributed by atoms with Gasteiger partial charge in [0.05, 0.1) is 17.1 Å². The van der Waals surface area contributed by atoms with E-state index in [-0.39, 0.29) is 19.0 Å². The molecule has 0 atom stereocenters. The van der Waals surface area contributed by atoms with Gasteiger partial charge in [0.15, 0.2) is 5.82 Å². The predicted octanol–water partition coefficient (Wildman–Crippen LogP) is 6.35. The van der Waals surface area contributed by atoms with E-state index >= 15 is 0 Å². The van der Waals surface area contributed by atoms with Crippen LogP contribution < -0.4 is 10.1 Å². The molecule has 0 aliphatic rings. The molecule has 0 unspecified atom stereocenters. The van der Waals surface area contributed by atoms with Crippen molar-refractivity contribution in [2.24, 2.45) is 0 Å². The first-order valence-corrected chi connectivity index (χ1v) is 11.2. The van der Waals surface area contributed by atoms with E-state index in [0.717, 1.165) is 0 Å². The smallest absolute Gasteiger partial charge is 0.408 e. The number of nitrogens with one attached hydrogen (secondary N) is 2. The lowest BCUT2D eigenvalue weighted by Crippen LogP contribution is -2.44. The van der Waals surface area contributed by atoms with Crippen LogP contribution in [0.5, 0.6) is 5.75 Å². The molecule has 0 fully saturated rings. The van der Waals surface area contributed by atoms with Crippen molar-refractivity contribution in [3.05, 3.63) is 77.0 Å². The van der Waals surface area contributed by atoms with Crippen LogP contribution in [0.3, 0.4) is 0 Å². The van der Waals surface area contributed by atoms with Crippen LogP contribution in [-0.2, 0) is 13.2 Å². The van der Waals surface area contributed by atoms with Gasteiger partial charge in [0.25, 0.3) is 0 Å². The van der Waals surface area contributed by atoms with Gasteiger partial charge in [-0.25, -0.2) is 19.2 Å². The summed E-state index contributed by atoms with van der Waals surface area (Å²) in [6, 6.07) is 13.2. The van der Waals surface area contributed by atoms with Crippen molar-refractivity contribution >= 4 is 40.2 Å². The first-order chi connectivity index (χ1) is 16.6. The Kier molecular flexibility index (Phi) is 6.79. The summed E-state index contributed by atoms with van der Waals surface area (Å²) in [6.07, 6.45) is 0.425. The highest BCUT2D eigenvalue weighted by Crippen LogP contribution is 2.31. The number of aromatic nitrogens is 3. The highest BCUT2D eigenvalue weighted by atomic mass is 35.5. The molecule has 0 aliphatic carbocycles. The minimum absolute atomic E-state index is 0.178. The number of fused-ring (bicyclic) bond motifs is 1. The minimum atomic E-state index is -1.00. The lowest BCUT2D eigenvalue weighted by molar-refractivity contribution is 0.0948. The highest BCUT2D eigenvalue weighted by molar-refractivity contribution is 6.32. The van der Waals surface area contributed by atoms with Crippen molar-refractivity contribution in [2.45, 2.75) is 39.5 Å². The molecule has 0 spiro atoms. The number of H-pyrrole nitrogens is 1. The molecule has 0 bridgehead atoms. The second-order valence-corrected chi connectivity index (χ2v) is 9.41. The number of rotatable bonds is 7. The van der Waals surface area contributed by atoms with Crippen LogP contribution >= 0.6 is 11.6 Å². The maximum Gasteiger partial charge on any atom is 0.408 e. The van der Waals surface area contributed by atoms with Gasteiger partial charge in [0.1, 0.15) is 30.0 Å². The second kappa shape index (κ2) is 9.79. The summed E-state index contributed by atoms with van der Waals surface area (Å²) >= 11 is 6.40. The van der Waals surface area contributed by atoms with E-state index in [9.17, 15) is 14.3 Å². The molecular formula is C25H25ClFN5O3. The van der Waals surface area contributed by atoms with Gasteiger partial charge in [-0.2, -0.15) is 0 Å². The van der Waals surface area contributed by atoms with E-state index in [4.69, 9.17) is 16.3 Å². The second-order valence-electron chi connectivity index (χ2n) is 9.01. The fourth-order valence-electron chi connectivity index (χ4n) is 3.56. The third kappa shape index (κ3) is 5.81. The molecule has 0 saturated heterocycles. The number of benzene rings is 2. The van der Waals surface area contributed by atoms with Gasteiger partial charge in [-0.15, -0.1) is 0 Å². The van der Waals surface area contributed by atoms with Crippen molar-refractivity contribution in [3.63, 3.8) is 0 Å². The minimum Gasteiger partial charge on any atom is -0.487 e. The number of carbonyl (C=O) groups is 1. The normalized spacial score (nSPS) is 11.5. The molecule has 2 heterocycles. The average molecular weight is 498 g/mol. The van der Waals surface area contributed by atoms with Crippen molar-refractivity contribution in [1.29, 1.82) is 0 Å². The monoisotopic (exact) mass is 497 g/mol. The molecule has 0 aliphatic heterocycles. The van der Waals surface area contributed by atoms with Gasteiger partial charge in [0, 0.05) is 16.9 Å². The number of amides is 1. The summed E-state index contributed by atoms with van der Waals surface area (Å²) in [4.78, 5) is 24.9. The largest absolute Gasteiger partial charge is 0.487 e. The fourth-order valence-corrected chi connectivity index (χ4v) is 3.79. The van der Waals surface area contributed by atoms with Crippen molar-refractivity contribution in [2.75, 3.05) is 5.32 Å². The van der Waals surface area contributed by atoms with Gasteiger partial charge in [-0.05, 0) is 62.7 Å². The van der Waals surface area contributed by atoms with Gasteiger partial charge in [0.2, 0.25) is 0 Å². The third-order valence-electron chi connectivity index (χ3n) is 5.32. The fraction of sp³-hybridized carbons (Fsp3) is 0.240. The molecule has 1 amide bonds. The SMILES string of the molecule is CC(C)(C)N(Cc1cc2ncnc(Nc3ccc(OCc4cccc(F)c4)c(Cl)c3)c2[nH]1)C(=O)O. The van der Waals surface area contributed by atoms with Gasteiger partial charge in [-0.1, -0.05) is 23.7 Å². The highest BCUT2D eigenvalue weighted by Gasteiger charge is 2.27. The number of carboxylic acid groups (broad SMARTS) is 1. The zero-order valence-electron chi connectivity index (χ0n) is 19.5. The zero-order valence-corrected chi connectivity index (χ0v) is 20.2. The Hall–Kier alpha value is -3.85. The van der Waals surface area contributed by atoms with E-state index in [0.29, 0.717) is 44.6 Å². The molecule has 4 rings (SSSR count). The molecule has 35 heavy (non-hydrogen) atoms. The summed E-state index contributed by atoms with van der Waals surface area (Å²) in [5.74, 6) is 0.658. The van der Waals surface area contributed by atoms with Crippen molar-refractivity contribution in [3.8, 4) is 5.75 Å². The van der Waals surface area contributed by atoms with Crippen molar-refractivity contribution in [1.82, 2.24) is 19.9 Å². The molecule has 3 N–H and O–H groups in total. The van der Waals surface area contributed by atoms with Gasteiger partial charge in [-0.3, -0.25) is 4.90 Å². The average Bonchev–Trinajstić information content (AvgIpc) is 3.20. The molecule has 10 heteroatoms. The van der Waals surface area contributed by atoms with E-state index < -0.39 is 11.6 Å². The summed E-state index contributed by atoms with van der Waals surface area (Å²) in [5.41, 5.74) is 2.79. The number of hydrogen-bond donors (Lipinski definition) is 3. The molecule has 0 saturated carbocycles. The van der Waals surface area contributed by atoms with E-state index in [1.54, 1.807) is 36.4 Å². The zero-order chi connectivity index (χ0) is 25.2. The lowest BCUT2D eigenvalue weighted by Gasteiger charge is -2.32. The Balaban J connectivity index is 1.51. The Morgan fingerprint density at radius 1 is 1.20 bits per heavy atom. The molecular weight excluding hydrogens is 473 g/mol. The third-order valence-corrected chi connectivity index (χ3v) is 5.62. The molecule has 2 aromatic carbocycles. The predicted molar refractivity (Wildman–Crippen MR) is 133 cm³/mol. The van der Waals surface area contributed by atoms with E-state index in [2.05, 4.69) is 20.3 Å². The lowest BCUT2D eigenvalue weighted by atomic mass is 10.1. The summed E-state index contributed by atoms with van der Waals surface area (Å²) < 4.78 is 19.1. The standard InChI is InChI=1S/C25H25ClFN5O3/c1-25(2,3)32(24(33)34)12-18-11-20-22(30-18)23(29-14-28-20)31-17-7-8-21(19(26)10-17)35-13-15-5-4-6-16(27)9-15/h4-11,14,30H,12-13H2,1-3H3,(H,33,34)(H,28,29,31). The Morgan fingerprint density at radius 3 is 2.69 bits per heavy atom. The van der Waals surface area contributed by atoms with Crippen LogP contribution in [-0.4, -0.2) is 36.6 Å². The molecule has 182 valence electrons. The topological polar surface area (TPSA) is 103 Å². The van der Waals surface area contributed by atoms with E-state index in [1.807, 2.05) is 20.8 Å². The molecule has 8 nitrogen and oxygen atoms in total. The number of anilines is 2. The summed E-state index contributed by atoms with van der Waals surface area (Å²) in [5, 5.41) is 13.2. The van der Waals surface area contributed by atoms with Crippen LogP contribution in [0.4, 0.5) is 20.7 Å². The van der Waals surface area contributed by atoms with Crippen LogP contribution in [0.2, 0.25) is 5.02 Å². The maximum atomic E-state index is 13.4. The Bertz CT molecular complexity index is 1370. The molecule has 0 radical (unpaired) electrons. The molecule has 2 aromatic heterocycles. The Labute approximate surface area is 206 Å². The first-order valence-electron chi connectivity index (χ1n) is 10.9. The number of halogens is 2. The van der Waals surface area contributed by atoms with E-state index in [1.165, 1.54) is 23.4 Å². The number of hydrogen-bond acceptors (Lipinski definition) is 5. The van der Waals surface area contributed by atoms with Crippen molar-refractivity contribution < 1.29 is 19.0 Å². The van der Waals surface area contributed by atoms with Gasteiger partial charge < -0.3 is 20.1 Å². The van der Waals surface area contributed by atoms with Gasteiger partial charge >= 0.3 is 6.09 Å². The van der Waals surface area contributed by atoms with Crippen LogP contribution in [0.25, 0.3) is 11.0 Å². The number of aromatic amines is 1. The molecule has 4 aromatic rings. The van der Waals surface area contributed by atoms with Crippen LogP contribution in [0.15, 0.2) is 54.9 Å². The Morgan fingerprint density at radius 2 is 2.00 bits per heavy atom. The maximum absolute atomic E-state index is 13.4. The summed E-state index contributed by atoms with van der Waals surface area (Å²) in [7, 11) is 0. The summed E-state index contributed by atoms with van der Waals surface area (Å²) in [6.45, 7) is 5.88. The van der Waals surface area contributed by atoms with Crippen LogP contribution in [0.1, 0.15) is 32.0 Å². The number of ether oxygens (including phenoxy) is 1. The quantitative estimate of drug-likeness (QED) is 0.275. The first kappa shape index (κ1) is 24.3. The number of nitrogens with zero attached hydrogens (tertiary/aromatic N) is 3. The van der Waals surface area contributed by atoms with Crippen LogP contribution in [0, 0.1) is 5.82 Å².